The van der Waals surface area contributed by atoms with Gasteiger partial charge in [0.15, 0.2) is 0 Å². The monoisotopic (exact) mass is 354 g/mol. The van der Waals surface area contributed by atoms with Crippen molar-refractivity contribution >= 4 is 44.9 Å². The van der Waals surface area contributed by atoms with Gasteiger partial charge >= 0.3 is 0 Å². The highest BCUT2D eigenvalue weighted by Crippen LogP contribution is 2.28. The molecule has 0 unspecified atom stereocenters. The molecule has 2 aromatic rings. The van der Waals surface area contributed by atoms with Gasteiger partial charge in [0.2, 0.25) is 0 Å². The van der Waals surface area contributed by atoms with Gasteiger partial charge in [0.1, 0.15) is 17.5 Å². The molecule has 0 spiro atoms. The Kier molecular flexibility index (Phi) is 4.20. The van der Waals surface area contributed by atoms with Crippen LogP contribution in [0.25, 0.3) is 0 Å². The van der Waals surface area contributed by atoms with Crippen molar-refractivity contribution in [1.29, 1.82) is 0 Å². The number of benzene rings is 1. The maximum absolute atomic E-state index is 5.97. The third kappa shape index (κ3) is 3.61. The van der Waals surface area contributed by atoms with E-state index < -0.39 is 0 Å². The zero-order valence-electron chi connectivity index (χ0n) is 11.5. The molecule has 1 aromatic heterocycles. The maximum atomic E-state index is 5.97. The molecule has 0 saturated carbocycles. The fourth-order valence-corrected chi connectivity index (χ4v) is 2.08. The average Bonchev–Trinajstić information content (AvgIpc) is 2.32. The number of nitrogens with zero attached hydrogens (tertiary/aromatic N) is 2. The van der Waals surface area contributed by atoms with Crippen molar-refractivity contribution < 1.29 is 0 Å². The fourth-order valence-electron chi connectivity index (χ4n) is 1.59. The van der Waals surface area contributed by atoms with Crippen LogP contribution in [0.4, 0.5) is 17.3 Å². The SMILES string of the molecule is CC(C)(C)c1nc(N)cc(Nc2ccc(Cl)c(Br)c2)n1. The minimum absolute atomic E-state index is 0.160. The normalized spacial score (nSPS) is 11.4. The first-order valence-corrected chi connectivity index (χ1v) is 7.30. The molecule has 1 aromatic carbocycles. The van der Waals surface area contributed by atoms with Gasteiger partial charge in [0.05, 0.1) is 5.02 Å². The van der Waals surface area contributed by atoms with E-state index in [-0.39, 0.29) is 5.41 Å². The predicted molar refractivity (Wildman–Crippen MR) is 87.6 cm³/mol. The molecule has 0 aliphatic heterocycles. The molecule has 4 nitrogen and oxygen atoms in total. The van der Waals surface area contributed by atoms with Crippen molar-refractivity contribution in [1.82, 2.24) is 9.97 Å². The second kappa shape index (κ2) is 5.58. The average molecular weight is 356 g/mol. The van der Waals surface area contributed by atoms with E-state index in [1.165, 1.54) is 0 Å². The summed E-state index contributed by atoms with van der Waals surface area (Å²) in [7, 11) is 0. The van der Waals surface area contributed by atoms with Crippen LogP contribution in [0.5, 0.6) is 0 Å². The molecule has 0 fully saturated rings. The molecule has 0 aliphatic rings. The molecular weight excluding hydrogens is 340 g/mol. The van der Waals surface area contributed by atoms with Gasteiger partial charge in [0.25, 0.3) is 0 Å². The van der Waals surface area contributed by atoms with Crippen LogP contribution in [0.1, 0.15) is 26.6 Å². The summed E-state index contributed by atoms with van der Waals surface area (Å²) in [5.41, 5.74) is 6.56. The Hall–Kier alpha value is -1.33. The number of rotatable bonds is 2. The minimum atomic E-state index is -0.160. The second-order valence-electron chi connectivity index (χ2n) is 5.51. The summed E-state index contributed by atoms with van der Waals surface area (Å²) < 4.78 is 0.822. The van der Waals surface area contributed by atoms with E-state index in [0.29, 0.717) is 22.5 Å². The summed E-state index contributed by atoms with van der Waals surface area (Å²) >= 11 is 9.36. The number of hydrogen-bond donors (Lipinski definition) is 2. The lowest BCUT2D eigenvalue weighted by Gasteiger charge is -2.18. The lowest BCUT2D eigenvalue weighted by Crippen LogP contribution is -2.17. The molecule has 20 heavy (non-hydrogen) atoms. The van der Waals surface area contributed by atoms with Crippen molar-refractivity contribution in [3.63, 3.8) is 0 Å². The second-order valence-corrected chi connectivity index (χ2v) is 6.77. The van der Waals surface area contributed by atoms with Gasteiger partial charge in [0, 0.05) is 21.6 Å². The van der Waals surface area contributed by atoms with Crippen molar-refractivity contribution in [3.8, 4) is 0 Å². The smallest absolute Gasteiger partial charge is 0.138 e. The maximum Gasteiger partial charge on any atom is 0.138 e. The fraction of sp³-hybridized carbons (Fsp3) is 0.286. The van der Waals surface area contributed by atoms with Gasteiger partial charge in [-0.25, -0.2) is 9.97 Å². The van der Waals surface area contributed by atoms with Crippen molar-refractivity contribution in [2.45, 2.75) is 26.2 Å². The van der Waals surface area contributed by atoms with Crippen LogP contribution in [0, 0.1) is 0 Å². The highest BCUT2D eigenvalue weighted by molar-refractivity contribution is 9.10. The van der Waals surface area contributed by atoms with E-state index in [4.69, 9.17) is 17.3 Å². The Morgan fingerprint density at radius 3 is 2.50 bits per heavy atom. The van der Waals surface area contributed by atoms with Crippen molar-refractivity contribution in [3.05, 3.63) is 39.6 Å². The molecule has 0 bridgehead atoms. The summed E-state index contributed by atoms with van der Waals surface area (Å²) in [6.45, 7) is 6.14. The van der Waals surface area contributed by atoms with Crippen LogP contribution in [0.15, 0.2) is 28.7 Å². The summed E-state index contributed by atoms with van der Waals surface area (Å²) in [4.78, 5) is 8.78. The first kappa shape index (κ1) is 15.1. The van der Waals surface area contributed by atoms with Gasteiger partial charge in [-0.15, -0.1) is 0 Å². The Balaban J connectivity index is 2.33. The summed E-state index contributed by atoms with van der Waals surface area (Å²) in [5.74, 6) is 1.81. The molecule has 2 rings (SSSR count). The highest BCUT2D eigenvalue weighted by Gasteiger charge is 2.18. The van der Waals surface area contributed by atoms with Crippen LogP contribution in [-0.2, 0) is 5.41 Å². The van der Waals surface area contributed by atoms with Gasteiger partial charge in [-0.3, -0.25) is 0 Å². The standard InChI is InChI=1S/C14H16BrClN4/c1-14(2,3)13-19-11(17)7-12(20-13)18-8-4-5-10(16)9(15)6-8/h4-7H,1-3H3,(H3,17,18,19,20). The Labute approximate surface area is 131 Å². The van der Waals surface area contributed by atoms with E-state index in [0.717, 1.165) is 10.2 Å². The number of nitrogen functional groups attached to an aromatic ring is 1. The molecule has 0 aliphatic carbocycles. The number of aromatic nitrogens is 2. The van der Waals surface area contributed by atoms with Gasteiger partial charge in [-0.05, 0) is 34.1 Å². The van der Waals surface area contributed by atoms with E-state index in [2.05, 4.69) is 31.2 Å². The molecule has 0 atom stereocenters. The molecule has 3 N–H and O–H groups in total. The van der Waals surface area contributed by atoms with Crippen LogP contribution >= 0.6 is 27.5 Å². The number of anilines is 3. The number of nitrogens with one attached hydrogen (secondary N) is 1. The molecule has 6 heteroatoms. The van der Waals surface area contributed by atoms with E-state index in [1.807, 2.05) is 39.0 Å². The zero-order valence-corrected chi connectivity index (χ0v) is 13.9. The van der Waals surface area contributed by atoms with Crippen LogP contribution < -0.4 is 11.1 Å². The Bertz CT molecular complexity index is 638. The lowest BCUT2D eigenvalue weighted by atomic mass is 9.96. The van der Waals surface area contributed by atoms with Gasteiger partial charge in [-0.1, -0.05) is 32.4 Å². The summed E-state index contributed by atoms with van der Waals surface area (Å²) in [6.07, 6.45) is 0. The molecule has 0 saturated heterocycles. The Morgan fingerprint density at radius 2 is 1.90 bits per heavy atom. The quantitative estimate of drug-likeness (QED) is 0.831. The number of hydrogen-bond acceptors (Lipinski definition) is 4. The summed E-state index contributed by atoms with van der Waals surface area (Å²) in [6, 6.07) is 7.28. The van der Waals surface area contributed by atoms with Crippen LogP contribution in [0.3, 0.4) is 0 Å². The van der Waals surface area contributed by atoms with Crippen molar-refractivity contribution in [2.24, 2.45) is 0 Å². The molecule has 0 amide bonds. The van der Waals surface area contributed by atoms with E-state index in [1.54, 1.807) is 6.07 Å². The third-order valence-corrected chi connectivity index (χ3v) is 3.82. The van der Waals surface area contributed by atoms with Gasteiger partial charge in [-0.2, -0.15) is 0 Å². The van der Waals surface area contributed by atoms with Crippen LogP contribution in [0.2, 0.25) is 5.02 Å². The molecule has 0 radical (unpaired) electrons. The van der Waals surface area contributed by atoms with Crippen molar-refractivity contribution in [2.75, 3.05) is 11.1 Å². The largest absolute Gasteiger partial charge is 0.384 e. The minimum Gasteiger partial charge on any atom is -0.384 e. The highest BCUT2D eigenvalue weighted by atomic mass is 79.9. The van der Waals surface area contributed by atoms with E-state index in [9.17, 15) is 0 Å². The number of nitrogens with two attached hydrogens (primary N) is 1. The summed E-state index contributed by atoms with van der Waals surface area (Å²) in [5, 5.41) is 3.87. The lowest BCUT2D eigenvalue weighted by molar-refractivity contribution is 0.547. The molecular formula is C14H16BrClN4. The Morgan fingerprint density at radius 1 is 1.20 bits per heavy atom. The predicted octanol–water partition coefficient (Wildman–Crippen LogP) is 4.52. The third-order valence-electron chi connectivity index (χ3n) is 2.61. The van der Waals surface area contributed by atoms with Gasteiger partial charge < -0.3 is 11.1 Å². The van der Waals surface area contributed by atoms with Crippen LogP contribution in [-0.4, -0.2) is 9.97 Å². The molecule has 1 heterocycles. The van der Waals surface area contributed by atoms with E-state index >= 15 is 0 Å². The first-order valence-electron chi connectivity index (χ1n) is 6.13. The molecule has 106 valence electrons. The first-order chi connectivity index (χ1) is 9.25. The topological polar surface area (TPSA) is 63.8 Å². The number of halogens is 2. The zero-order chi connectivity index (χ0) is 14.9.